The van der Waals surface area contributed by atoms with Gasteiger partial charge in [-0.3, -0.25) is 0 Å². The molecular formula is C14H30O11. The molecule has 152 valence electrons. The van der Waals surface area contributed by atoms with Crippen molar-refractivity contribution >= 4 is 5.97 Å². The monoisotopic (exact) mass is 374 g/mol. The van der Waals surface area contributed by atoms with E-state index in [-0.39, 0.29) is 5.57 Å². The first-order chi connectivity index (χ1) is 11.7. The van der Waals surface area contributed by atoms with Crippen molar-refractivity contribution in [2.24, 2.45) is 10.8 Å². The molecule has 0 spiro atoms. The second-order valence-electron chi connectivity index (χ2n) is 5.38. The molecule has 11 nitrogen and oxygen atoms in total. The van der Waals surface area contributed by atoms with Crippen LogP contribution in [0.25, 0.3) is 0 Å². The first-order valence-electron chi connectivity index (χ1n) is 7.08. The molecule has 0 fully saturated rings. The minimum Gasteiger partial charge on any atom is -0.515 e. The highest BCUT2D eigenvalue weighted by Gasteiger charge is 2.27. The number of aliphatic hydroxyl groups excluding tert-OH is 9. The van der Waals surface area contributed by atoms with Crippen LogP contribution in [0.2, 0.25) is 0 Å². The summed E-state index contributed by atoms with van der Waals surface area (Å²) in [5.74, 6) is -1.09. The number of carboxylic acid groups (broad SMARTS) is 1. The standard InChI is InChI=1S/2C5H12O4.C4H6O3/c2*6-1-5(2-7,3-8)4-9;1-3(2-5)4(6)7/h2*6-9H,1-4H2;2,5H,1H3,(H,6,7). The normalized spacial score (nSPS) is 11.8. The van der Waals surface area contributed by atoms with E-state index in [2.05, 4.69) is 0 Å². The van der Waals surface area contributed by atoms with Gasteiger partial charge in [0, 0.05) is 0 Å². The van der Waals surface area contributed by atoms with Crippen molar-refractivity contribution in [3.63, 3.8) is 0 Å². The van der Waals surface area contributed by atoms with Gasteiger partial charge in [0.1, 0.15) is 0 Å². The predicted molar refractivity (Wildman–Crippen MR) is 85.6 cm³/mol. The number of rotatable bonds is 9. The molecule has 0 aromatic rings. The van der Waals surface area contributed by atoms with E-state index in [0.717, 1.165) is 0 Å². The molecule has 0 aliphatic heterocycles. The Morgan fingerprint density at radius 2 is 0.880 bits per heavy atom. The van der Waals surface area contributed by atoms with E-state index in [1.165, 1.54) is 6.92 Å². The highest BCUT2D eigenvalue weighted by atomic mass is 16.4. The first kappa shape index (κ1) is 28.5. The van der Waals surface area contributed by atoms with Crippen LogP contribution < -0.4 is 0 Å². The Hall–Kier alpha value is -1.31. The van der Waals surface area contributed by atoms with Crippen LogP contribution in [-0.2, 0) is 4.79 Å². The third kappa shape index (κ3) is 11.8. The van der Waals surface area contributed by atoms with E-state index in [4.69, 9.17) is 51.1 Å². The van der Waals surface area contributed by atoms with Gasteiger partial charge in [-0.25, -0.2) is 4.79 Å². The molecule has 0 bridgehead atoms. The molecule has 0 aliphatic carbocycles. The maximum atomic E-state index is 9.70. The molecule has 0 aliphatic rings. The van der Waals surface area contributed by atoms with Crippen LogP contribution in [0.4, 0.5) is 0 Å². The fraction of sp³-hybridized carbons (Fsp3) is 0.786. The molecule has 0 aromatic heterocycles. The SMILES string of the molecule is CC(=CO)C(=O)O.OCC(CO)(CO)CO.OCC(CO)(CO)CO. The maximum absolute atomic E-state index is 9.70. The summed E-state index contributed by atoms with van der Waals surface area (Å²) >= 11 is 0. The molecule has 0 radical (unpaired) electrons. The van der Waals surface area contributed by atoms with Gasteiger partial charge in [-0.2, -0.15) is 0 Å². The van der Waals surface area contributed by atoms with Crippen molar-refractivity contribution in [2.45, 2.75) is 6.92 Å². The van der Waals surface area contributed by atoms with Crippen LogP contribution in [0.15, 0.2) is 11.8 Å². The van der Waals surface area contributed by atoms with Crippen molar-refractivity contribution in [3.05, 3.63) is 11.8 Å². The summed E-state index contributed by atoms with van der Waals surface area (Å²) in [4.78, 5) is 9.70. The zero-order valence-electron chi connectivity index (χ0n) is 14.1. The van der Waals surface area contributed by atoms with Crippen molar-refractivity contribution in [1.82, 2.24) is 0 Å². The summed E-state index contributed by atoms with van der Waals surface area (Å²) in [6.07, 6.45) is 0.558. The van der Waals surface area contributed by atoms with Gasteiger partial charge in [0.15, 0.2) is 0 Å². The molecule has 0 aromatic carbocycles. The predicted octanol–water partition coefficient (Wildman–Crippen LogP) is -3.58. The summed E-state index contributed by atoms with van der Waals surface area (Å²) in [6, 6.07) is 0. The van der Waals surface area contributed by atoms with E-state index in [0.29, 0.717) is 6.26 Å². The number of carbonyl (C=O) groups is 1. The molecule has 0 saturated heterocycles. The van der Waals surface area contributed by atoms with Crippen LogP contribution in [-0.4, -0.2) is 110 Å². The summed E-state index contributed by atoms with van der Waals surface area (Å²) in [6.45, 7) is -1.94. The zero-order chi connectivity index (χ0) is 20.5. The smallest absolute Gasteiger partial charge is 0.334 e. The third-order valence-corrected chi connectivity index (χ3v) is 3.21. The lowest BCUT2D eigenvalue weighted by Crippen LogP contribution is -2.37. The molecule has 0 heterocycles. The van der Waals surface area contributed by atoms with Gasteiger partial charge < -0.3 is 51.1 Å². The second kappa shape index (κ2) is 16.2. The first-order valence-corrected chi connectivity index (χ1v) is 7.08. The van der Waals surface area contributed by atoms with E-state index in [1.807, 2.05) is 0 Å². The fourth-order valence-electron chi connectivity index (χ4n) is 0.655. The quantitative estimate of drug-likeness (QED) is 0.140. The largest absolute Gasteiger partial charge is 0.515 e. The van der Waals surface area contributed by atoms with Crippen LogP contribution in [0.5, 0.6) is 0 Å². The summed E-state index contributed by atoms with van der Waals surface area (Å²) in [7, 11) is 0. The summed E-state index contributed by atoms with van der Waals surface area (Å²) < 4.78 is 0. The van der Waals surface area contributed by atoms with Crippen molar-refractivity contribution in [1.29, 1.82) is 0 Å². The minimum absolute atomic E-state index is 0.0556. The molecule has 11 heteroatoms. The van der Waals surface area contributed by atoms with Crippen molar-refractivity contribution in [2.75, 3.05) is 52.9 Å². The van der Waals surface area contributed by atoms with Crippen LogP contribution in [0.3, 0.4) is 0 Å². The topological polar surface area (TPSA) is 219 Å². The van der Waals surface area contributed by atoms with E-state index in [1.54, 1.807) is 0 Å². The van der Waals surface area contributed by atoms with E-state index >= 15 is 0 Å². The second-order valence-corrected chi connectivity index (χ2v) is 5.38. The highest BCUT2D eigenvalue weighted by molar-refractivity contribution is 5.85. The Morgan fingerprint density at radius 3 is 0.880 bits per heavy atom. The molecule has 0 atom stereocenters. The molecule has 0 saturated carbocycles. The average molecular weight is 374 g/mol. The number of aliphatic carboxylic acids is 1. The number of hydrogen-bond acceptors (Lipinski definition) is 10. The van der Waals surface area contributed by atoms with Gasteiger partial charge in [0.25, 0.3) is 0 Å². The molecule has 10 N–H and O–H groups in total. The minimum atomic E-state index is -1.11. The van der Waals surface area contributed by atoms with Crippen LogP contribution in [0, 0.1) is 10.8 Å². The van der Waals surface area contributed by atoms with Gasteiger partial charge in [0.05, 0.1) is 75.5 Å². The van der Waals surface area contributed by atoms with Crippen molar-refractivity contribution < 1.29 is 55.9 Å². The van der Waals surface area contributed by atoms with Gasteiger partial charge in [-0.05, 0) is 6.92 Å². The lowest BCUT2D eigenvalue weighted by Gasteiger charge is -2.23. The fourth-order valence-corrected chi connectivity index (χ4v) is 0.655. The third-order valence-electron chi connectivity index (χ3n) is 3.21. The van der Waals surface area contributed by atoms with Crippen LogP contribution >= 0.6 is 0 Å². The zero-order valence-corrected chi connectivity index (χ0v) is 14.1. The molecule has 0 amide bonds. The Labute approximate surface area is 145 Å². The number of aliphatic hydroxyl groups is 9. The van der Waals surface area contributed by atoms with Gasteiger partial charge in [-0.15, -0.1) is 0 Å². The Kier molecular flexibility index (Phi) is 18.4. The van der Waals surface area contributed by atoms with E-state index < -0.39 is 69.7 Å². The van der Waals surface area contributed by atoms with Crippen LogP contribution in [0.1, 0.15) is 6.92 Å². The van der Waals surface area contributed by atoms with Gasteiger partial charge in [0.2, 0.25) is 0 Å². The van der Waals surface area contributed by atoms with Crippen molar-refractivity contribution in [3.8, 4) is 0 Å². The van der Waals surface area contributed by atoms with Gasteiger partial charge >= 0.3 is 5.97 Å². The summed E-state index contributed by atoms with van der Waals surface area (Å²) in [5, 5.41) is 83.9. The average Bonchev–Trinajstić information content (AvgIpc) is 2.66. The molecule has 25 heavy (non-hydrogen) atoms. The molecule has 0 rings (SSSR count). The van der Waals surface area contributed by atoms with Gasteiger partial charge in [-0.1, -0.05) is 0 Å². The molecular weight excluding hydrogens is 344 g/mol. The van der Waals surface area contributed by atoms with E-state index in [9.17, 15) is 4.79 Å². The highest BCUT2D eigenvalue weighted by Crippen LogP contribution is 2.12. The Bertz CT molecular complexity index is 294. The lowest BCUT2D eigenvalue weighted by molar-refractivity contribution is -0.132. The Morgan fingerprint density at radius 1 is 0.680 bits per heavy atom. The maximum Gasteiger partial charge on any atom is 0.334 e. The Balaban J connectivity index is -0.000000293. The number of carboxylic acids is 1. The summed E-state index contributed by atoms with van der Waals surface area (Å²) in [5.41, 5.74) is -2.28. The molecule has 0 unspecified atom stereocenters. The lowest BCUT2D eigenvalue weighted by atomic mass is 9.93. The number of hydrogen-bond donors (Lipinski definition) is 10.